The van der Waals surface area contributed by atoms with Gasteiger partial charge in [-0.1, -0.05) is 0 Å². The Bertz CT molecular complexity index is 787. The van der Waals surface area contributed by atoms with E-state index in [1.54, 1.807) is 6.07 Å². The highest BCUT2D eigenvalue weighted by Gasteiger charge is 2.09. The molecule has 0 saturated carbocycles. The number of hydrogen-bond donors (Lipinski definition) is 1. The molecular formula is C15H18FN5. The molecule has 0 amide bonds. The van der Waals surface area contributed by atoms with E-state index in [1.165, 1.54) is 12.1 Å². The average molecular weight is 287 g/mol. The number of nitrogens with zero attached hydrogens (tertiary/aromatic N) is 4. The van der Waals surface area contributed by atoms with Gasteiger partial charge in [-0.15, -0.1) is 0 Å². The lowest BCUT2D eigenvalue weighted by atomic mass is 10.3. The molecule has 1 aromatic carbocycles. The van der Waals surface area contributed by atoms with Gasteiger partial charge < -0.3 is 10.3 Å². The van der Waals surface area contributed by atoms with E-state index in [4.69, 9.17) is 5.73 Å². The molecule has 21 heavy (non-hydrogen) atoms. The zero-order valence-corrected chi connectivity index (χ0v) is 12.2. The van der Waals surface area contributed by atoms with Crippen LogP contribution in [-0.4, -0.2) is 19.3 Å². The van der Waals surface area contributed by atoms with Gasteiger partial charge in [0.25, 0.3) is 0 Å². The lowest BCUT2D eigenvalue weighted by molar-refractivity contribution is 0.523. The topological polar surface area (TPSA) is 61.7 Å². The van der Waals surface area contributed by atoms with E-state index in [0.717, 1.165) is 36.4 Å². The Kier molecular flexibility index (Phi) is 3.37. The molecule has 2 N–H and O–H groups in total. The van der Waals surface area contributed by atoms with Crippen molar-refractivity contribution in [3.8, 4) is 0 Å². The summed E-state index contributed by atoms with van der Waals surface area (Å²) < 4.78 is 17.1. The van der Waals surface area contributed by atoms with Gasteiger partial charge in [0, 0.05) is 24.8 Å². The number of hydrogen-bond acceptors (Lipinski definition) is 3. The lowest BCUT2D eigenvalue weighted by Gasteiger charge is -2.08. The summed E-state index contributed by atoms with van der Waals surface area (Å²) in [6.45, 7) is 5.58. The number of imidazole rings is 1. The van der Waals surface area contributed by atoms with E-state index in [1.807, 2.05) is 23.1 Å². The molecule has 0 spiro atoms. The van der Waals surface area contributed by atoms with Gasteiger partial charge in [0.15, 0.2) is 0 Å². The number of benzene rings is 1. The van der Waals surface area contributed by atoms with Crippen LogP contribution in [0.15, 0.2) is 24.3 Å². The van der Waals surface area contributed by atoms with E-state index in [2.05, 4.69) is 16.1 Å². The van der Waals surface area contributed by atoms with Crippen LogP contribution in [-0.2, 0) is 13.1 Å². The number of anilines is 1. The maximum absolute atomic E-state index is 13.2. The van der Waals surface area contributed by atoms with Gasteiger partial charge in [-0.2, -0.15) is 5.10 Å². The number of aromatic nitrogens is 4. The van der Waals surface area contributed by atoms with E-state index >= 15 is 0 Å². The lowest BCUT2D eigenvalue weighted by Crippen LogP contribution is -2.08. The first-order valence-corrected chi connectivity index (χ1v) is 6.97. The van der Waals surface area contributed by atoms with E-state index in [-0.39, 0.29) is 5.82 Å². The molecule has 0 aliphatic rings. The Balaban J connectivity index is 1.76. The van der Waals surface area contributed by atoms with Crippen LogP contribution in [0.5, 0.6) is 0 Å². The van der Waals surface area contributed by atoms with Crippen molar-refractivity contribution in [3.63, 3.8) is 0 Å². The maximum atomic E-state index is 13.2. The quantitative estimate of drug-likeness (QED) is 0.802. The van der Waals surface area contributed by atoms with Crippen LogP contribution in [0.25, 0.3) is 11.0 Å². The third kappa shape index (κ3) is 2.61. The van der Waals surface area contributed by atoms with Crippen molar-refractivity contribution in [3.05, 3.63) is 41.5 Å². The highest BCUT2D eigenvalue weighted by atomic mass is 19.1. The average Bonchev–Trinajstić information content (AvgIpc) is 2.89. The maximum Gasteiger partial charge on any atom is 0.201 e. The fourth-order valence-corrected chi connectivity index (χ4v) is 2.64. The number of fused-ring (bicyclic) bond motifs is 1. The SMILES string of the molecule is Cc1cc(C)n(CCCn2c(N)nc3cc(F)ccc32)n1. The minimum Gasteiger partial charge on any atom is -0.369 e. The summed E-state index contributed by atoms with van der Waals surface area (Å²) in [6, 6.07) is 6.62. The van der Waals surface area contributed by atoms with Gasteiger partial charge in [0.05, 0.1) is 16.7 Å². The molecule has 0 radical (unpaired) electrons. The second-order valence-corrected chi connectivity index (χ2v) is 5.26. The molecule has 3 aromatic rings. The first-order chi connectivity index (χ1) is 10.0. The summed E-state index contributed by atoms with van der Waals surface area (Å²) in [5, 5.41) is 4.44. The smallest absolute Gasteiger partial charge is 0.201 e. The summed E-state index contributed by atoms with van der Waals surface area (Å²) in [6.07, 6.45) is 0.884. The zero-order chi connectivity index (χ0) is 15.0. The number of nitrogens with two attached hydrogens (primary N) is 1. The third-order valence-corrected chi connectivity index (χ3v) is 3.59. The molecule has 2 heterocycles. The van der Waals surface area contributed by atoms with Crippen LogP contribution in [0.4, 0.5) is 10.3 Å². The minimum absolute atomic E-state index is 0.296. The van der Waals surface area contributed by atoms with Gasteiger partial charge in [-0.05, 0) is 38.5 Å². The molecule has 0 aliphatic heterocycles. The van der Waals surface area contributed by atoms with Gasteiger partial charge >= 0.3 is 0 Å². The Labute approximate surface area is 122 Å². The standard InChI is InChI=1S/C15H18FN5/c1-10-8-11(2)21(19-10)7-3-6-20-14-5-4-12(16)9-13(14)18-15(20)17/h4-5,8-9H,3,6-7H2,1-2H3,(H2,17,18). The number of nitrogen functional groups attached to an aromatic ring is 1. The molecule has 5 nitrogen and oxygen atoms in total. The molecule has 0 aliphatic carbocycles. The molecule has 6 heteroatoms. The molecular weight excluding hydrogens is 269 g/mol. The van der Waals surface area contributed by atoms with Crippen LogP contribution >= 0.6 is 0 Å². The van der Waals surface area contributed by atoms with Crippen molar-refractivity contribution >= 4 is 17.0 Å². The predicted octanol–water partition coefficient (Wildman–Crippen LogP) is 2.66. The summed E-state index contributed by atoms with van der Waals surface area (Å²) in [4.78, 5) is 4.20. The molecule has 0 atom stereocenters. The van der Waals surface area contributed by atoms with Crippen LogP contribution in [0.3, 0.4) is 0 Å². The Hall–Kier alpha value is -2.37. The minimum atomic E-state index is -0.296. The summed E-state index contributed by atoms with van der Waals surface area (Å²) in [5.74, 6) is 0.124. The summed E-state index contributed by atoms with van der Waals surface area (Å²) in [7, 11) is 0. The fourth-order valence-electron chi connectivity index (χ4n) is 2.64. The number of rotatable bonds is 4. The van der Waals surface area contributed by atoms with Crippen molar-refractivity contribution in [1.82, 2.24) is 19.3 Å². The molecule has 2 aromatic heterocycles. The second kappa shape index (κ2) is 5.20. The van der Waals surface area contributed by atoms with Crippen molar-refractivity contribution < 1.29 is 4.39 Å². The van der Waals surface area contributed by atoms with Crippen molar-refractivity contribution in [2.75, 3.05) is 5.73 Å². The molecule has 0 unspecified atom stereocenters. The van der Waals surface area contributed by atoms with E-state index < -0.39 is 0 Å². The highest BCUT2D eigenvalue weighted by Crippen LogP contribution is 2.19. The Morgan fingerprint density at radius 1 is 1.19 bits per heavy atom. The van der Waals surface area contributed by atoms with Crippen LogP contribution in [0.1, 0.15) is 17.8 Å². The number of halogens is 1. The Morgan fingerprint density at radius 2 is 2.00 bits per heavy atom. The van der Waals surface area contributed by atoms with Gasteiger partial charge in [0.2, 0.25) is 5.95 Å². The predicted molar refractivity (Wildman–Crippen MR) is 80.4 cm³/mol. The van der Waals surface area contributed by atoms with E-state index in [9.17, 15) is 4.39 Å². The molecule has 110 valence electrons. The monoisotopic (exact) mass is 287 g/mol. The third-order valence-electron chi connectivity index (χ3n) is 3.59. The normalized spacial score (nSPS) is 11.4. The summed E-state index contributed by atoms with van der Waals surface area (Å²) in [5.41, 5.74) is 9.56. The highest BCUT2D eigenvalue weighted by molar-refractivity contribution is 5.78. The van der Waals surface area contributed by atoms with E-state index in [0.29, 0.717) is 11.5 Å². The second-order valence-electron chi connectivity index (χ2n) is 5.26. The van der Waals surface area contributed by atoms with Gasteiger partial charge in [-0.3, -0.25) is 4.68 Å². The molecule has 0 saturated heterocycles. The molecule has 3 rings (SSSR count). The van der Waals surface area contributed by atoms with Gasteiger partial charge in [-0.25, -0.2) is 9.37 Å². The first-order valence-electron chi connectivity index (χ1n) is 6.97. The first kappa shape index (κ1) is 13.6. The Morgan fingerprint density at radius 3 is 2.71 bits per heavy atom. The number of aryl methyl sites for hydroxylation is 4. The fraction of sp³-hybridized carbons (Fsp3) is 0.333. The summed E-state index contributed by atoms with van der Waals surface area (Å²) >= 11 is 0. The van der Waals surface area contributed by atoms with Crippen LogP contribution in [0.2, 0.25) is 0 Å². The van der Waals surface area contributed by atoms with Crippen molar-refractivity contribution in [2.24, 2.45) is 0 Å². The zero-order valence-electron chi connectivity index (χ0n) is 12.2. The van der Waals surface area contributed by atoms with Gasteiger partial charge in [0.1, 0.15) is 5.82 Å². The molecule has 0 fully saturated rings. The van der Waals surface area contributed by atoms with Crippen LogP contribution < -0.4 is 5.73 Å². The van der Waals surface area contributed by atoms with Crippen molar-refractivity contribution in [1.29, 1.82) is 0 Å². The van der Waals surface area contributed by atoms with Crippen LogP contribution in [0, 0.1) is 19.7 Å². The largest absolute Gasteiger partial charge is 0.369 e. The molecule has 0 bridgehead atoms. The van der Waals surface area contributed by atoms with Crippen molar-refractivity contribution in [2.45, 2.75) is 33.4 Å².